The summed E-state index contributed by atoms with van der Waals surface area (Å²) in [5, 5.41) is 0. The van der Waals surface area contributed by atoms with Crippen LogP contribution in [0.4, 0.5) is 0 Å². The minimum absolute atomic E-state index is 0.0354. The number of rotatable bonds is 3. The molecule has 2 aromatic carbocycles. The maximum Gasteiger partial charge on any atom is 0.129 e. The summed E-state index contributed by atoms with van der Waals surface area (Å²) >= 11 is 0. The van der Waals surface area contributed by atoms with E-state index in [0.29, 0.717) is 0 Å². The van der Waals surface area contributed by atoms with Gasteiger partial charge in [-0.05, 0) is 18.2 Å². The third-order valence-electron chi connectivity index (χ3n) is 3.84. The molecule has 0 aromatic heterocycles. The van der Waals surface area contributed by atoms with Crippen LogP contribution in [0, 0.1) is 0 Å². The van der Waals surface area contributed by atoms with Gasteiger partial charge < -0.3 is 19.9 Å². The Morgan fingerprint density at radius 2 is 1.86 bits per heavy atom. The van der Waals surface area contributed by atoms with Crippen molar-refractivity contribution in [2.45, 2.75) is 18.6 Å². The fraction of sp³-hybridized carbons (Fsp3) is 0.294. The first-order valence-electron chi connectivity index (χ1n) is 6.96. The van der Waals surface area contributed by atoms with E-state index in [4.69, 9.17) is 19.9 Å². The van der Waals surface area contributed by atoms with Gasteiger partial charge in [-0.2, -0.15) is 0 Å². The highest BCUT2D eigenvalue weighted by Gasteiger charge is 2.28. The highest BCUT2D eigenvalue weighted by Crippen LogP contribution is 2.42. The maximum atomic E-state index is 6.28. The SMILES string of the molecule is COc1ccc(C2CC(N)c3ccccc3O2)c(OC)c1. The average Bonchev–Trinajstić information content (AvgIpc) is 2.54. The van der Waals surface area contributed by atoms with E-state index in [1.54, 1.807) is 14.2 Å². The van der Waals surface area contributed by atoms with Gasteiger partial charge in [-0.25, -0.2) is 0 Å². The number of nitrogens with two attached hydrogens (primary N) is 1. The van der Waals surface area contributed by atoms with Crippen molar-refractivity contribution in [2.75, 3.05) is 14.2 Å². The zero-order valence-corrected chi connectivity index (χ0v) is 12.2. The summed E-state index contributed by atoms with van der Waals surface area (Å²) in [5.74, 6) is 2.36. The van der Waals surface area contributed by atoms with Crippen LogP contribution < -0.4 is 19.9 Å². The van der Waals surface area contributed by atoms with Crippen LogP contribution in [0.25, 0.3) is 0 Å². The van der Waals surface area contributed by atoms with Gasteiger partial charge in [0.05, 0.1) is 14.2 Å². The van der Waals surface area contributed by atoms with Crippen LogP contribution in [0.2, 0.25) is 0 Å². The molecule has 110 valence electrons. The van der Waals surface area contributed by atoms with Crippen molar-refractivity contribution in [2.24, 2.45) is 5.73 Å². The zero-order chi connectivity index (χ0) is 14.8. The Hall–Kier alpha value is -2.20. The summed E-state index contributed by atoms with van der Waals surface area (Å²) in [6, 6.07) is 13.6. The second-order valence-electron chi connectivity index (χ2n) is 5.09. The van der Waals surface area contributed by atoms with E-state index in [0.717, 1.165) is 34.8 Å². The predicted molar refractivity (Wildman–Crippen MR) is 80.9 cm³/mol. The maximum absolute atomic E-state index is 6.28. The van der Waals surface area contributed by atoms with Gasteiger partial charge in [-0.15, -0.1) is 0 Å². The molecule has 1 heterocycles. The Kier molecular flexibility index (Phi) is 3.71. The summed E-state index contributed by atoms with van der Waals surface area (Å²) in [6.07, 6.45) is 0.607. The molecule has 1 aliphatic heterocycles. The minimum Gasteiger partial charge on any atom is -0.497 e. The lowest BCUT2D eigenvalue weighted by molar-refractivity contribution is 0.158. The van der Waals surface area contributed by atoms with E-state index in [1.165, 1.54) is 0 Å². The van der Waals surface area contributed by atoms with Crippen LogP contribution in [0.5, 0.6) is 17.2 Å². The summed E-state index contributed by atoms with van der Waals surface area (Å²) in [7, 11) is 3.28. The van der Waals surface area contributed by atoms with Crippen LogP contribution in [0.15, 0.2) is 42.5 Å². The Morgan fingerprint density at radius 3 is 2.62 bits per heavy atom. The smallest absolute Gasteiger partial charge is 0.129 e. The second-order valence-corrected chi connectivity index (χ2v) is 5.09. The van der Waals surface area contributed by atoms with Gasteiger partial charge in [0.15, 0.2) is 0 Å². The molecule has 0 radical (unpaired) electrons. The van der Waals surface area contributed by atoms with E-state index in [9.17, 15) is 0 Å². The van der Waals surface area contributed by atoms with Gasteiger partial charge in [0.2, 0.25) is 0 Å². The topological polar surface area (TPSA) is 53.7 Å². The van der Waals surface area contributed by atoms with E-state index < -0.39 is 0 Å². The van der Waals surface area contributed by atoms with Crippen molar-refractivity contribution in [3.63, 3.8) is 0 Å². The lowest BCUT2D eigenvalue weighted by atomic mass is 9.93. The van der Waals surface area contributed by atoms with E-state index in [1.807, 2.05) is 42.5 Å². The third kappa shape index (κ3) is 2.54. The Labute approximate surface area is 124 Å². The number of hydrogen-bond acceptors (Lipinski definition) is 4. The highest BCUT2D eigenvalue weighted by atomic mass is 16.5. The first kappa shape index (κ1) is 13.8. The summed E-state index contributed by atoms with van der Waals surface area (Å²) in [6.45, 7) is 0. The van der Waals surface area contributed by atoms with Crippen molar-refractivity contribution < 1.29 is 14.2 Å². The molecule has 2 atom stereocenters. The lowest BCUT2D eigenvalue weighted by Crippen LogP contribution is -2.24. The van der Waals surface area contributed by atoms with Crippen molar-refractivity contribution in [1.29, 1.82) is 0 Å². The standard InChI is InChI=1S/C17H19NO3/c1-19-11-7-8-13(16(9-11)20-2)17-10-14(18)12-5-3-4-6-15(12)21-17/h3-9,14,17H,10,18H2,1-2H3. The molecule has 2 aromatic rings. The Bertz CT molecular complexity index is 642. The third-order valence-corrected chi connectivity index (χ3v) is 3.84. The molecule has 0 aliphatic carbocycles. The van der Waals surface area contributed by atoms with Gasteiger partial charge in [0.1, 0.15) is 23.4 Å². The molecule has 0 bridgehead atoms. The fourth-order valence-corrected chi connectivity index (χ4v) is 2.73. The first-order chi connectivity index (χ1) is 10.2. The molecule has 3 rings (SSSR count). The van der Waals surface area contributed by atoms with E-state index >= 15 is 0 Å². The van der Waals surface area contributed by atoms with Crippen molar-refractivity contribution in [1.82, 2.24) is 0 Å². The number of methoxy groups -OCH3 is 2. The molecule has 0 saturated carbocycles. The number of para-hydroxylation sites is 1. The monoisotopic (exact) mass is 285 g/mol. The molecule has 0 fully saturated rings. The molecule has 2 N–H and O–H groups in total. The van der Waals surface area contributed by atoms with Crippen molar-refractivity contribution in [3.8, 4) is 17.2 Å². The van der Waals surface area contributed by atoms with E-state index in [2.05, 4.69) is 0 Å². The molecular weight excluding hydrogens is 266 g/mol. The van der Waals surface area contributed by atoms with Gasteiger partial charge >= 0.3 is 0 Å². The summed E-state index contributed by atoms with van der Waals surface area (Å²) in [5.41, 5.74) is 8.32. The van der Waals surface area contributed by atoms with Crippen LogP contribution in [0.3, 0.4) is 0 Å². The first-order valence-corrected chi connectivity index (χ1v) is 6.96. The Balaban J connectivity index is 1.96. The molecular formula is C17H19NO3. The zero-order valence-electron chi connectivity index (χ0n) is 12.2. The Morgan fingerprint density at radius 1 is 1.05 bits per heavy atom. The van der Waals surface area contributed by atoms with Crippen LogP contribution >= 0.6 is 0 Å². The molecule has 0 amide bonds. The fourth-order valence-electron chi connectivity index (χ4n) is 2.73. The number of benzene rings is 2. The lowest BCUT2D eigenvalue weighted by Gasteiger charge is -2.31. The molecule has 0 spiro atoms. The molecule has 0 saturated heterocycles. The highest BCUT2D eigenvalue weighted by molar-refractivity contribution is 5.45. The van der Waals surface area contributed by atoms with Crippen LogP contribution in [0.1, 0.15) is 29.7 Å². The number of hydrogen-bond donors (Lipinski definition) is 1. The molecule has 1 aliphatic rings. The summed E-state index contributed by atoms with van der Waals surface area (Å²) in [4.78, 5) is 0. The van der Waals surface area contributed by atoms with Gasteiger partial charge in [-0.3, -0.25) is 0 Å². The van der Waals surface area contributed by atoms with Gasteiger partial charge in [-0.1, -0.05) is 18.2 Å². The van der Waals surface area contributed by atoms with Gasteiger partial charge in [0, 0.05) is 29.7 Å². The number of fused-ring (bicyclic) bond motifs is 1. The van der Waals surface area contributed by atoms with Gasteiger partial charge in [0.25, 0.3) is 0 Å². The largest absolute Gasteiger partial charge is 0.497 e. The van der Waals surface area contributed by atoms with Crippen LogP contribution in [-0.2, 0) is 0 Å². The molecule has 21 heavy (non-hydrogen) atoms. The average molecular weight is 285 g/mol. The van der Waals surface area contributed by atoms with Crippen LogP contribution in [-0.4, -0.2) is 14.2 Å². The number of ether oxygens (including phenoxy) is 3. The van der Waals surface area contributed by atoms with E-state index in [-0.39, 0.29) is 12.1 Å². The molecule has 4 nitrogen and oxygen atoms in total. The quantitative estimate of drug-likeness (QED) is 0.940. The van der Waals surface area contributed by atoms with Crippen molar-refractivity contribution >= 4 is 0 Å². The van der Waals surface area contributed by atoms with Crippen molar-refractivity contribution in [3.05, 3.63) is 53.6 Å². The summed E-state index contributed by atoms with van der Waals surface area (Å²) < 4.78 is 16.8. The minimum atomic E-state index is -0.115. The normalized spacial score (nSPS) is 20.3. The second kappa shape index (κ2) is 5.66. The predicted octanol–water partition coefficient (Wildman–Crippen LogP) is 3.23. The molecule has 4 heteroatoms. The molecule has 2 unspecified atom stereocenters.